The number of nitrogens with one attached hydrogen (secondary N) is 1. The summed E-state index contributed by atoms with van der Waals surface area (Å²) in [7, 11) is -3.86. The Morgan fingerprint density at radius 2 is 2.08 bits per heavy atom. The summed E-state index contributed by atoms with van der Waals surface area (Å²) in [6.07, 6.45) is 0. The van der Waals surface area contributed by atoms with Gasteiger partial charge in [0, 0.05) is 4.47 Å². The SMILES string of the molecule is NS(=O)(=O)Nc1cc(F)ccc1Br. The van der Waals surface area contributed by atoms with E-state index in [2.05, 4.69) is 15.9 Å². The van der Waals surface area contributed by atoms with Gasteiger partial charge in [0.05, 0.1) is 5.69 Å². The van der Waals surface area contributed by atoms with Crippen LogP contribution in [0.3, 0.4) is 0 Å². The minimum Gasteiger partial charge on any atom is -0.270 e. The Balaban J connectivity index is 3.08. The van der Waals surface area contributed by atoms with Crippen LogP contribution in [0, 0.1) is 5.82 Å². The first-order valence-electron chi connectivity index (χ1n) is 3.14. The van der Waals surface area contributed by atoms with Gasteiger partial charge in [-0.05, 0) is 34.1 Å². The Bertz CT molecular complexity index is 421. The summed E-state index contributed by atoms with van der Waals surface area (Å²) in [5, 5.41) is 4.70. The second-order valence-corrected chi connectivity index (χ2v) is 4.42. The zero-order chi connectivity index (χ0) is 10.1. The number of benzene rings is 1. The van der Waals surface area contributed by atoms with Gasteiger partial charge in [-0.25, -0.2) is 9.53 Å². The van der Waals surface area contributed by atoms with Gasteiger partial charge in [0.25, 0.3) is 10.2 Å². The van der Waals surface area contributed by atoms with Gasteiger partial charge in [-0.2, -0.15) is 8.42 Å². The minimum absolute atomic E-state index is 0.0718. The quantitative estimate of drug-likeness (QED) is 0.846. The van der Waals surface area contributed by atoms with Gasteiger partial charge in [-0.1, -0.05) is 0 Å². The van der Waals surface area contributed by atoms with Crippen molar-refractivity contribution in [1.29, 1.82) is 0 Å². The Morgan fingerprint density at radius 3 is 2.62 bits per heavy atom. The topological polar surface area (TPSA) is 72.2 Å². The maximum absolute atomic E-state index is 12.6. The average Bonchev–Trinajstić information content (AvgIpc) is 1.94. The van der Waals surface area contributed by atoms with Crippen molar-refractivity contribution in [3.63, 3.8) is 0 Å². The molecule has 13 heavy (non-hydrogen) atoms. The fraction of sp³-hybridized carbons (Fsp3) is 0. The molecule has 0 unspecified atom stereocenters. The Morgan fingerprint density at radius 1 is 1.46 bits per heavy atom. The number of hydrogen-bond donors (Lipinski definition) is 2. The lowest BCUT2D eigenvalue weighted by molar-refractivity contribution is 0.602. The van der Waals surface area contributed by atoms with Crippen molar-refractivity contribution in [1.82, 2.24) is 0 Å². The summed E-state index contributed by atoms with van der Waals surface area (Å²) in [4.78, 5) is 0. The molecule has 0 heterocycles. The van der Waals surface area contributed by atoms with Crippen molar-refractivity contribution >= 4 is 31.8 Å². The van der Waals surface area contributed by atoms with Crippen molar-refractivity contribution < 1.29 is 12.8 Å². The molecule has 1 aromatic carbocycles. The van der Waals surface area contributed by atoms with Gasteiger partial charge in [-0.3, -0.25) is 4.72 Å². The van der Waals surface area contributed by atoms with Gasteiger partial charge in [0.1, 0.15) is 5.82 Å². The molecule has 1 aromatic rings. The smallest absolute Gasteiger partial charge is 0.270 e. The van der Waals surface area contributed by atoms with E-state index in [1.807, 2.05) is 4.72 Å². The largest absolute Gasteiger partial charge is 0.296 e. The number of nitrogens with two attached hydrogens (primary N) is 1. The fourth-order valence-corrected chi connectivity index (χ4v) is 1.68. The summed E-state index contributed by atoms with van der Waals surface area (Å²) < 4.78 is 36.2. The van der Waals surface area contributed by atoms with Crippen LogP contribution in [0.15, 0.2) is 22.7 Å². The lowest BCUT2D eigenvalue weighted by Crippen LogP contribution is -2.21. The molecule has 0 aliphatic rings. The highest BCUT2D eigenvalue weighted by Crippen LogP contribution is 2.23. The molecule has 0 spiro atoms. The van der Waals surface area contributed by atoms with E-state index in [4.69, 9.17) is 5.14 Å². The van der Waals surface area contributed by atoms with E-state index in [1.165, 1.54) is 12.1 Å². The van der Waals surface area contributed by atoms with E-state index in [0.29, 0.717) is 4.47 Å². The molecule has 4 nitrogen and oxygen atoms in total. The van der Waals surface area contributed by atoms with Crippen LogP contribution in [0.4, 0.5) is 10.1 Å². The van der Waals surface area contributed by atoms with Crippen molar-refractivity contribution in [3.05, 3.63) is 28.5 Å². The molecule has 7 heteroatoms. The Labute approximate surface area is 83.3 Å². The van der Waals surface area contributed by atoms with Crippen LogP contribution >= 0.6 is 15.9 Å². The third kappa shape index (κ3) is 3.29. The second-order valence-electron chi connectivity index (χ2n) is 2.27. The van der Waals surface area contributed by atoms with E-state index >= 15 is 0 Å². The van der Waals surface area contributed by atoms with Gasteiger partial charge >= 0.3 is 0 Å². The standard InChI is InChI=1S/C6H6BrFN2O2S/c7-5-2-1-4(8)3-6(5)10-13(9,11)12/h1-3,10H,(H2,9,11,12). The molecule has 0 bridgehead atoms. The summed E-state index contributed by atoms with van der Waals surface area (Å²) in [5.41, 5.74) is 0.0718. The molecule has 3 N–H and O–H groups in total. The maximum Gasteiger partial charge on any atom is 0.296 e. The van der Waals surface area contributed by atoms with E-state index in [9.17, 15) is 12.8 Å². The summed E-state index contributed by atoms with van der Waals surface area (Å²) >= 11 is 3.03. The molecule has 0 aromatic heterocycles. The highest BCUT2D eigenvalue weighted by Gasteiger charge is 2.06. The Hall–Kier alpha value is -0.660. The van der Waals surface area contributed by atoms with E-state index in [1.54, 1.807) is 0 Å². The molecular weight excluding hydrogens is 263 g/mol. The van der Waals surface area contributed by atoms with Crippen LogP contribution in [0.2, 0.25) is 0 Å². The molecule has 0 saturated carbocycles. The van der Waals surface area contributed by atoms with Crippen LogP contribution in [0.5, 0.6) is 0 Å². The lowest BCUT2D eigenvalue weighted by Gasteiger charge is -2.05. The molecule has 0 radical (unpaired) electrons. The molecule has 0 atom stereocenters. The first-order valence-corrected chi connectivity index (χ1v) is 5.48. The van der Waals surface area contributed by atoms with Crippen LogP contribution in [-0.2, 0) is 10.2 Å². The van der Waals surface area contributed by atoms with E-state index in [0.717, 1.165) is 6.07 Å². The monoisotopic (exact) mass is 268 g/mol. The Kier molecular flexibility index (Phi) is 2.89. The normalized spacial score (nSPS) is 11.3. The molecule has 72 valence electrons. The van der Waals surface area contributed by atoms with Crippen molar-refractivity contribution in [2.75, 3.05) is 4.72 Å². The van der Waals surface area contributed by atoms with Crippen molar-refractivity contribution in [2.45, 2.75) is 0 Å². The lowest BCUT2D eigenvalue weighted by atomic mass is 10.3. The van der Waals surface area contributed by atoms with E-state index < -0.39 is 16.0 Å². The van der Waals surface area contributed by atoms with Crippen LogP contribution < -0.4 is 9.86 Å². The zero-order valence-electron chi connectivity index (χ0n) is 6.29. The first kappa shape index (κ1) is 10.4. The molecular formula is C6H6BrFN2O2S. The van der Waals surface area contributed by atoms with Crippen molar-refractivity contribution in [2.24, 2.45) is 5.14 Å². The van der Waals surface area contributed by atoms with Crippen LogP contribution in [0.25, 0.3) is 0 Å². The maximum atomic E-state index is 12.6. The number of rotatable bonds is 2. The molecule has 1 rings (SSSR count). The predicted molar refractivity (Wildman–Crippen MR) is 50.8 cm³/mol. The highest BCUT2D eigenvalue weighted by atomic mass is 79.9. The number of halogens is 2. The van der Waals surface area contributed by atoms with Crippen LogP contribution in [0.1, 0.15) is 0 Å². The van der Waals surface area contributed by atoms with Gasteiger partial charge in [0.15, 0.2) is 0 Å². The second kappa shape index (κ2) is 3.60. The molecule has 0 aliphatic heterocycles. The third-order valence-electron chi connectivity index (χ3n) is 1.18. The average molecular weight is 269 g/mol. The molecule has 0 amide bonds. The minimum atomic E-state index is -3.86. The summed E-state index contributed by atoms with van der Waals surface area (Å²) in [5.74, 6) is -0.547. The summed E-state index contributed by atoms with van der Waals surface area (Å²) in [6.45, 7) is 0. The fourth-order valence-electron chi connectivity index (χ4n) is 0.729. The third-order valence-corrected chi connectivity index (χ3v) is 2.38. The van der Waals surface area contributed by atoms with Crippen LogP contribution in [-0.4, -0.2) is 8.42 Å². The van der Waals surface area contributed by atoms with Gasteiger partial charge in [0.2, 0.25) is 0 Å². The number of hydrogen-bond acceptors (Lipinski definition) is 2. The highest BCUT2D eigenvalue weighted by molar-refractivity contribution is 9.10. The molecule has 0 aliphatic carbocycles. The molecule has 0 saturated heterocycles. The summed E-state index contributed by atoms with van der Waals surface area (Å²) in [6, 6.07) is 3.59. The van der Waals surface area contributed by atoms with Crippen molar-refractivity contribution in [3.8, 4) is 0 Å². The first-order chi connectivity index (χ1) is 5.88. The van der Waals surface area contributed by atoms with E-state index in [-0.39, 0.29) is 5.69 Å². The predicted octanol–water partition coefficient (Wildman–Crippen LogP) is 1.20. The molecule has 0 fully saturated rings. The zero-order valence-corrected chi connectivity index (χ0v) is 8.69. The van der Waals surface area contributed by atoms with Gasteiger partial charge < -0.3 is 0 Å². The van der Waals surface area contributed by atoms with Gasteiger partial charge in [-0.15, -0.1) is 0 Å². The number of anilines is 1.